The van der Waals surface area contributed by atoms with Gasteiger partial charge in [-0.2, -0.15) is 0 Å². The number of rotatable bonds is 3. The van der Waals surface area contributed by atoms with Crippen LogP contribution in [0.1, 0.15) is 55.3 Å². The first-order valence-electron chi connectivity index (χ1n) is 10.1. The molecule has 2 aliphatic heterocycles. The Kier molecular flexibility index (Phi) is 5.08. The summed E-state index contributed by atoms with van der Waals surface area (Å²) >= 11 is 0. The fraction of sp³-hybridized carbons (Fsp3) is 0.619. The van der Waals surface area contributed by atoms with E-state index in [1.165, 1.54) is 0 Å². The molecule has 146 valence electrons. The minimum Gasteiger partial charge on any atom is -0.497 e. The molecule has 6 heteroatoms. The summed E-state index contributed by atoms with van der Waals surface area (Å²) in [5.41, 5.74) is -0.0950. The summed E-state index contributed by atoms with van der Waals surface area (Å²) in [5, 5.41) is 0. The molecule has 0 radical (unpaired) electrons. The quantitative estimate of drug-likeness (QED) is 0.819. The molecule has 2 heterocycles. The molecular formula is C21H28N2O4. The van der Waals surface area contributed by atoms with E-state index in [4.69, 9.17) is 9.47 Å². The lowest BCUT2D eigenvalue weighted by Crippen LogP contribution is -2.56. The Bertz CT molecular complexity index is 708. The number of likely N-dealkylation sites (tertiary alicyclic amines) is 1. The molecule has 1 spiro atoms. The molecule has 27 heavy (non-hydrogen) atoms. The van der Waals surface area contributed by atoms with Crippen LogP contribution in [-0.2, 0) is 9.53 Å². The van der Waals surface area contributed by atoms with Crippen molar-refractivity contribution < 1.29 is 19.1 Å². The van der Waals surface area contributed by atoms with Gasteiger partial charge in [-0.1, -0.05) is 12.5 Å². The fourth-order valence-electron chi connectivity index (χ4n) is 4.70. The molecule has 0 bridgehead atoms. The molecule has 1 aliphatic carbocycles. The number of hydrogen-bond donors (Lipinski definition) is 0. The Labute approximate surface area is 160 Å². The van der Waals surface area contributed by atoms with E-state index in [9.17, 15) is 9.59 Å². The smallest absolute Gasteiger partial charge is 0.257 e. The SMILES string of the molecule is COc1cccc(C(=O)N2[C@@H](C(=O)N3CCCC3)COC23CCCCC3)c1. The van der Waals surface area contributed by atoms with Crippen molar-refractivity contribution in [2.75, 3.05) is 26.8 Å². The normalized spacial score (nSPS) is 24.4. The van der Waals surface area contributed by atoms with Crippen LogP contribution in [0.25, 0.3) is 0 Å². The number of hydrogen-bond acceptors (Lipinski definition) is 4. The van der Waals surface area contributed by atoms with Gasteiger partial charge in [-0.25, -0.2) is 0 Å². The van der Waals surface area contributed by atoms with E-state index in [0.717, 1.165) is 58.0 Å². The molecule has 1 atom stereocenters. The monoisotopic (exact) mass is 372 g/mol. The summed E-state index contributed by atoms with van der Waals surface area (Å²) in [4.78, 5) is 30.4. The lowest BCUT2D eigenvalue weighted by Gasteiger charge is -2.42. The van der Waals surface area contributed by atoms with E-state index < -0.39 is 11.8 Å². The van der Waals surface area contributed by atoms with Gasteiger partial charge < -0.3 is 14.4 Å². The molecule has 1 aromatic rings. The van der Waals surface area contributed by atoms with Crippen LogP contribution in [0, 0.1) is 0 Å². The molecule has 0 N–H and O–H groups in total. The van der Waals surface area contributed by atoms with Crippen molar-refractivity contribution in [1.29, 1.82) is 0 Å². The van der Waals surface area contributed by atoms with Crippen LogP contribution in [0.15, 0.2) is 24.3 Å². The van der Waals surface area contributed by atoms with Crippen LogP contribution in [-0.4, -0.2) is 60.2 Å². The van der Waals surface area contributed by atoms with Crippen molar-refractivity contribution in [3.63, 3.8) is 0 Å². The average molecular weight is 372 g/mol. The van der Waals surface area contributed by atoms with E-state index in [2.05, 4.69) is 0 Å². The standard InChI is InChI=1S/C21H28N2O4/c1-26-17-9-7-8-16(14-17)19(24)23-18(20(25)22-12-5-6-13-22)15-27-21(23)10-3-2-4-11-21/h7-9,14,18H,2-6,10-13,15H2,1H3/t18-/m1/s1. The second-order valence-electron chi connectivity index (χ2n) is 7.77. The van der Waals surface area contributed by atoms with Gasteiger partial charge in [-0.15, -0.1) is 0 Å². The molecule has 0 unspecified atom stereocenters. The van der Waals surface area contributed by atoms with E-state index in [1.807, 2.05) is 17.0 Å². The molecule has 1 aromatic carbocycles. The minimum atomic E-state index is -0.640. The Morgan fingerprint density at radius 2 is 1.85 bits per heavy atom. The van der Waals surface area contributed by atoms with E-state index in [-0.39, 0.29) is 11.8 Å². The summed E-state index contributed by atoms with van der Waals surface area (Å²) in [7, 11) is 1.59. The van der Waals surface area contributed by atoms with Gasteiger partial charge in [-0.05, 0) is 56.7 Å². The molecule has 6 nitrogen and oxygen atoms in total. The first-order chi connectivity index (χ1) is 13.1. The lowest BCUT2D eigenvalue weighted by atomic mass is 9.89. The Balaban J connectivity index is 1.67. The molecule has 1 saturated carbocycles. The van der Waals surface area contributed by atoms with Gasteiger partial charge in [0.25, 0.3) is 5.91 Å². The zero-order valence-electron chi connectivity index (χ0n) is 16.0. The zero-order chi connectivity index (χ0) is 18.9. The Morgan fingerprint density at radius 3 is 2.56 bits per heavy atom. The van der Waals surface area contributed by atoms with Crippen molar-refractivity contribution >= 4 is 11.8 Å². The second kappa shape index (κ2) is 7.50. The third-order valence-electron chi connectivity index (χ3n) is 6.13. The summed E-state index contributed by atoms with van der Waals surface area (Å²) in [5.74, 6) is 0.540. The number of ether oxygens (including phenoxy) is 2. The van der Waals surface area contributed by atoms with Crippen LogP contribution < -0.4 is 4.74 Å². The number of methoxy groups -OCH3 is 1. The predicted molar refractivity (Wildman–Crippen MR) is 101 cm³/mol. The number of nitrogens with zero attached hydrogens (tertiary/aromatic N) is 2. The first kappa shape index (κ1) is 18.3. The molecule has 2 saturated heterocycles. The predicted octanol–water partition coefficient (Wildman–Crippen LogP) is 2.82. The third-order valence-corrected chi connectivity index (χ3v) is 6.13. The van der Waals surface area contributed by atoms with Crippen LogP contribution in [0.4, 0.5) is 0 Å². The number of carbonyl (C=O) groups excluding carboxylic acids is 2. The van der Waals surface area contributed by atoms with Gasteiger partial charge in [0.05, 0.1) is 13.7 Å². The highest BCUT2D eigenvalue weighted by Crippen LogP contribution is 2.42. The minimum absolute atomic E-state index is 0.0335. The molecule has 3 fully saturated rings. The molecular weight excluding hydrogens is 344 g/mol. The average Bonchev–Trinajstić information content (AvgIpc) is 3.36. The number of amides is 2. The van der Waals surface area contributed by atoms with Crippen molar-refractivity contribution in [3.05, 3.63) is 29.8 Å². The summed E-state index contributed by atoms with van der Waals surface area (Å²) in [6, 6.07) is 6.64. The molecule has 2 amide bonds. The van der Waals surface area contributed by atoms with Crippen LogP contribution in [0.3, 0.4) is 0 Å². The maximum Gasteiger partial charge on any atom is 0.257 e. The molecule has 4 rings (SSSR count). The largest absolute Gasteiger partial charge is 0.497 e. The first-order valence-corrected chi connectivity index (χ1v) is 10.1. The molecule has 0 aromatic heterocycles. The topological polar surface area (TPSA) is 59.1 Å². The maximum atomic E-state index is 13.5. The van der Waals surface area contributed by atoms with Crippen LogP contribution in [0.5, 0.6) is 5.75 Å². The summed E-state index contributed by atoms with van der Waals surface area (Å²) < 4.78 is 11.5. The van der Waals surface area contributed by atoms with Crippen molar-refractivity contribution in [2.45, 2.75) is 56.7 Å². The van der Waals surface area contributed by atoms with Gasteiger partial charge in [0.2, 0.25) is 5.91 Å². The molecule has 3 aliphatic rings. The van der Waals surface area contributed by atoms with Gasteiger partial charge in [-0.3, -0.25) is 14.5 Å². The third kappa shape index (κ3) is 3.31. The second-order valence-corrected chi connectivity index (χ2v) is 7.77. The fourth-order valence-corrected chi connectivity index (χ4v) is 4.70. The van der Waals surface area contributed by atoms with Gasteiger partial charge >= 0.3 is 0 Å². The van der Waals surface area contributed by atoms with Crippen LogP contribution in [0.2, 0.25) is 0 Å². The number of benzene rings is 1. The summed E-state index contributed by atoms with van der Waals surface area (Å²) in [6.45, 7) is 1.86. The Hall–Kier alpha value is -2.08. The highest BCUT2D eigenvalue weighted by Gasteiger charge is 2.53. The van der Waals surface area contributed by atoms with Crippen molar-refractivity contribution in [2.24, 2.45) is 0 Å². The highest BCUT2D eigenvalue weighted by atomic mass is 16.5. The van der Waals surface area contributed by atoms with Gasteiger partial charge in [0.1, 0.15) is 17.5 Å². The van der Waals surface area contributed by atoms with Gasteiger partial charge in [0, 0.05) is 18.7 Å². The number of carbonyl (C=O) groups is 2. The Morgan fingerprint density at radius 1 is 1.11 bits per heavy atom. The van der Waals surface area contributed by atoms with Gasteiger partial charge in [0.15, 0.2) is 0 Å². The highest BCUT2D eigenvalue weighted by molar-refractivity contribution is 5.98. The van der Waals surface area contributed by atoms with Crippen molar-refractivity contribution in [3.8, 4) is 5.75 Å². The van der Waals surface area contributed by atoms with Crippen molar-refractivity contribution in [1.82, 2.24) is 9.80 Å². The van der Waals surface area contributed by atoms with E-state index in [0.29, 0.717) is 17.9 Å². The van der Waals surface area contributed by atoms with Crippen LogP contribution >= 0.6 is 0 Å². The maximum absolute atomic E-state index is 13.5. The zero-order valence-corrected chi connectivity index (χ0v) is 16.0. The summed E-state index contributed by atoms with van der Waals surface area (Å²) in [6.07, 6.45) is 6.86. The van der Waals surface area contributed by atoms with E-state index in [1.54, 1.807) is 24.1 Å². The lowest BCUT2D eigenvalue weighted by molar-refractivity contribution is -0.136. The van der Waals surface area contributed by atoms with E-state index >= 15 is 0 Å².